The van der Waals surface area contributed by atoms with Crippen molar-refractivity contribution in [3.63, 3.8) is 0 Å². The topological polar surface area (TPSA) is 66.9 Å². The minimum atomic E-state index is 0.209. The van der Waals surface area contributed by atoms with Crippen LogP contribution in [0.2, 0.25) is 0 Å². The molecule has 0 saturated heterocycles. The summed E-state index contributed by atoms with van der Waals surface area (Å²) in [5, 5.41) is 6.06. The minimum absolute atomic E-state index is 0.209. The number of hydrogen-bond acceptors (Lipinski definition) is 4. The molecule has 0 bridgehead atoms. The van der Waals surface area contributed by atoms with Crippen LogP contribution in [0.25, 0.3) is 0 Å². The maximum Gasteiger partial charge on any atom is 0.223 e. The van der Waals surface area contributed by atoms with Crippen molar-refractivity contribution in [2.75, 3.05) is 18.4 Å². The Hall–Kier alpha value is -1.17. The maximum absolute atomic E-state index is 11.5. The van der Waals surface area contributed by atoms with Gasteiger partial charge in [-0.2, -0.15) is 0 Å². The Morgan fingerprint density at radius 3 is 2.67 bits per heavy atom. The Kier molecular flexibility index (Phi) is 4.92. The van der Waals surface area contributed by atoms with Gasteiger partial charge in [-0.1, -0.05) is 6.42 Å². The van der Waals surface area contributed by atoms with Gasteiger partial charge < -0.3 is 10.6 Å². The van der Waals surface area contributed by atoms with Crippen molar-refractivity contribution in [3.8, 4) is 0 Å². The number of carbonyl (C=O) groups excluding carboxylic acids is 1. The molecule has 0 unspecified atom stereocenters. The summed E-state index contributed by atoms with van der Waals surface area (Å²) in [4.78, 5) is 19.7. The van der Waals surface area contributed by atoms with Crippen molar-refractivity contribution < 1.29 is 4.79 Å². The van der Waals surface area contributed by atoms with Crippen molar-refractivity contribution in [2.45, 2.75) is 25.7 Å². The van der Waals surface area contributed by atoms with Crippen LogP contribution in [0, 0.1) is 5.92 Å². The molecule has 1 heterocycles. The van der Waals surface area contributed by atoms with E-state index in [1.165, 1.54) is 6.42 Å². The van der Waals surface area contributed by atoms with Crippen molar-refractivity contribution >= 4 is 27.8 Å². The Labute approximate surface area is 115 Å². The molecular formula is C12H17BrN4O. The van der Waals surface area contributed by atoms with E-state index in [9.17, 15) is 4.79 Å². The average molecular weight is 313 g/mol. The van der Waals surface area contributed by atoms with Crippen LogP contribution in [0.4, 0.5) is 5.95 Å². The molecule has 0 spiro atoms. The standard InChI is InChI=1S/C12H17BrN4O/c13-10-7-16-12(17-8-10)15-6-2-5-14-11(18)9-3-1-4-9/h7-9H,1-6H2,(H,14,18)(H,15,16,17). The molecule has 1 aromatic heterocycles. The van der Waals surface area contributed by atoms with Crippen molar-refractivity contribution in [1.29, 1.82) is 0 Å². The summed E-state index contributed by atoms with van der Waals surface area (Å²) < 4.78 is 0.862. The van der Waals surface area contributed by atoms with Crippen LogP contribution in [-0.2, 0) is 4.79 Å². The van der Waals surface area contributed by atoms with Gasteiger partial charge in [-0.3, -0.25) is 4.79 Å². The molecule has 98 valence electrons. The van der Waals surface area contributed by atoms with Gasteiger partial charge in [0.25, 0.3) is 0 Å². The highest BCUT2D eigenvalue weighted by atomic mass is 79.9. The van der Waals surface area contributed by atoms with Crippen LogP contribution >= 0.6 is 15.9 Å². The zero-order valence-corrected chi connectivity index (χ0v) is 11.7. The van der Waals surface area contributed by atoms with Crippen LogP contribution < -0.4 is 10.6 Å². The van der Waals surface area contributed by atoms with Gasteiger partial charge in [-0.25, -0.2) is 9.97 Å². The van der Waals surface area contributed by atoms with Gasteiger partial charge in [0.05, 0.1) is 4.47 Å². The van der Waals surface area contributed by atoms with E-state index in [0.717, 1.165) is 30.3 Å². The number of hydrogen-bond donors (Lipinski definition) is 2. The van der Waals surface area contributed by atoms with Gasteiger partial charge in [-0.15, -0.1) is 0 Å². The van der Waals surface area contributed by atoms with E-state index >= 15 is 0 Å². The highest BCUT2D eigenvalue weighted by molar-refractivity contribution is 9.10. The van der Waals surface area contributed by atoms with Gasteiger partial charge in [0.1, 0.15) is 0 Å². The van der Waals surface area contributed by atoms with Crippen LogP contribution in [0.5, 0.6) is 0 Å². The first kappa shape index (κ1) is 13.3. The smallest absolute Gasteiger partial charge is 0.223 e. The fourth-order valence-corrected chi connectivity index (χ4v) is 1.92. The molecule has 1 aliphatic carbocycles. The van der Waals surface area contributed by atoms with Crippen molar-refractivity contribution in [2.24, 2.45) is 5.92 Å². The molecular weight excluding hydrogens is 296 g/mol. The van der Waals surface area contributed by atoms with E-state index in [2.05, 4.69) is 36.5 Å². The molecule has 1 saturated carbocycles. The number of rotatable bonds is 6. The third-order valence-electron chi connectivity index (χ3n) is 3.03. The highest BCUT2D eigenvalue weighted by Gasteiger charge is 2.24. The summed E-state index contributed by atoms with van der Waals surface area (Å²) in [7, 11) is 0. The lowest BCUT2D eigenvalue weighted by atomic mass is 9.85. The second kappa shape index (κ2) is 6.68. The van der Waals surface area contributed by atoms with Crippen LogP contribution in [-0.4, -0.2) is 29.0 Å². The summed E-state index contributed by atoms with van der Waals surface area (Å²) in [6.45, 7) is 1.46. The van der Waals surface area contributed by atoms with Crippen molar-refractivity contribution in [3.05, 3.63) is 16.9 Å². The minimum Gasteiger partial charge on any atom is -0.356 e. The van der Waals surface area contributed by atoms with E-state index in [4.69, 9.17) is 0 Å². The number of halogens is 1. The molecule has 1 amide bonds. The Morgan fingerprint density at radius 2 is 2.06 bits per heavy atom. The highest BCUT2D eigenvalue weighted by Crippen LogP contribution is 2.25. The summed E-state index contributed by atoms with van der Waals surface area (Å²) >= 11 is 3.28. The third kappa shape index (κ3) is 3.94. The molecule has 0 aromatic carbocycles. The summed E-state index contributed by atoms with van der Waals surface area (Å²) in [6, 6.07) is 0. The molecule has 1 aromatic rings. The molecule has 1 aliphatic rings. The maximum atomic E-state index is 11.5. The van der Waals surface area contributed by atoms with Gasteiger partial charge in [0.2, 0.25) is 11.9 Å². The Morgan fingerprint density at radius 1 is 1.33 bits per heavy atom. The van der Waals surface area contributed by atoms with Gasteiger partial charge in [0.15, 0.2) is 0 Å². The summed E-state index contributed by atoms with van der Waals surface area (Å²) in [5.74, 6) is 1.09. The molecule has 2 rings (SSSR count). The lowest BCUT2D eigenvalue weighted by Crippen LogP contribution is -2.35. The molecule has 0 radical (unpaired) electrons. The van der Waals surface area contributed by atoms with Gasteiger partial charge in [-0.05, 0) is 35.2 Å². The van der Waals surface area contributed by atoms with Gasteiger partial charge in [0, 0.05) is 31.4 Å². The number of aromatic nitrogens is 2. The number of nitrogens with one attached hydrogen (secondary N) is 2. The van der Waals surface area contributed by atoms with Gasteiger partial charge >= 0.3 is 0 Å². The van der Waals surface area contributed by atoms with E-state index in [1.54, 1.807) is 12.4 Å². The Bertz CT molecular complexity index is 392. The van der Waals surface area contributed by atoms with E-state index in [0.29, 0.717) is 12.5 Å². The molecule has 6 heteroatoms. The molecule has 18 heavy (non-hydrogen) atoms. The largest absolute Gasteiger partial charge is 0.356 e. The first-order chi connectivity index (χ1) is 8.75. The number of amides is 1. The average Bonchev–Trinajstić information content (AvgIpc) is 2.29. The quantitative estimate of drug-likeness (QED) is 0.788. The van der Waals surface area contributed by atoms with Crippen LogP contribution in [0.3, 0.4) is 0 Å². The fraction of sp³-hybridized carbons (Fsp3) is 0.583. The van der Waals surface area contributed by atoms with E-state index < -0.39 is 0 Å². The second-order valence-corrected chi connectivity index (χ2v) is 5.34. The lowest BCUT2D eigenvalue weighted by Gasteiger charge is -2.23. The first-order valence-electron chi connectivity index (χ1n) is 6.25. The SMILES string of the molecule is O=C(NCCCNc1ncc(Br)cn1)C1CCC1. The predicted molar refractivity (Wildman–Crippen MR) is 73.2 cm³/mol. The fourth-order valence-electron chi connectivity index (χ4n) is 1.72. The zero-order chi connectivity index (χ0) is 12.8. The van der Waals surface area contributed by atoms with Crippen molar-refractivity contribution in [1.82, 2.24) is 15.3 Å². The van der Waals surface area contributed by atoms with Crippen LogP contribution in [0.1, 0.15) is 25.7 Å². The molecule has 0 atom stereocenters. The number of anilines is 1. The second-order valence-electron chi connectivity index (χ2n) is 4.42. The van der Waals surface area contributed by atoms with E-state index in [-0.39, 0.29) is 11.8 Å². The van der Waals surface area contributed by atoms with Crippen LogP contribution in [0.15, 0.2) is 16.9 Å². The summed E-state index contributed by atoms with van der Waals surface area (Å²) in [5.41, 5.74) is 0. The third-order valence-corrected chi connectivity index (χ3v) is 3.44. The molecule has 0 aliphatic heterocycles. The number of nitrogens with zero attached hydrogens (tertiary/aromatic N) is 2. The lowest BCUT2D eigenvalue weighted by molar-refractivity contribution is -0.127. The molecule has 1 fully saturated rings. The van der Waals surface area contributed by atoms with E-state index in [1.807, 2.05) is 0 Å². The first-order valence-corrected chi connectivity index (χ1v) is 7.04. The monoisotopic (exact) mass is 312 g/mol. The Balaban J connectivity index is 1.55. The molecule has 5 nitrogen and oxygen atoms in total. The normalized spacial score (nSPS) is 14.9. The zero-order valence-electron chi connectivity index (χ0n) is 10.2. The predicted octanol–water partition coefficient (Wildman–Crippen LogP) is 1.96. The number of carbonyl (C=O) groups is 1. The molecule has 2 N–H and O–H groups in total. The summed E-state index contributed by atoms with van der Waals surface area (Å²) in [6.07, 6.45) is 7.58.